The maximum Gasteiger partial charge on any atom is 0.274 e. The molecule has 2 heterocycles. The van der Waals surface area contributed by atoms with Gasteiger partial charge in [0, 0.05) is 37.3 Å². The molecule has 1 amide bonds. The lowest BCUT2D eigenvalue weighted by atomic mass is 9.99. The molecule has 2 aliphatic heterocycles. The highest BCUT2D eigenvalue weighted by atomic mass is 19.1. The van der Waals surface area contributed by atoms with Gasteiger partial charge in [-0.05, 0) is 30.5 Å². The van der Waals surface area contributed by atoms with E-state index in [9.17, 15) is 9.18 Å². The number of halogens is 1. The summed E-state index contributed by atoms with van der Waals surface area (Å²) < 4.78 is 14.1. The van der Waals surface area contributed by atoms with Crippen LogP contribution in [0.4, 0.5) is 4.39 Å². The molecule has 3 rings (SSSR count). The van der Waals surface area contributed by atoms with Gasteiger partial charge in [0.15, 0.2) is 0 Å². The van der Waals surface area contributed by atoms with Crippen LogP contribution in [0.3, 0.4) is 0 Å². The topological polar surface area (TPSA) is 55.8 Å². The van der Waals surface area contributed by atoms with Crippen molar-refractivity contribution in [2.75, 3.05) is 13.1 Å². The van der Waals surface area contributed by atoms with Crippen molar-refractivity contribution in [3.05, 3.63) is 34.6 Å². The van der Waals surface area contributed by atoms with Crippen molar-refractivity contribution >= 4 is 5.91 Å². The van der Waals surface area contributed by atoms with Crippen LogP contribution in [0.1, 0.15) is 34.3 Å². The predicted octanol–water partition coefficient (Wildman–Crippen LogP) is 1.27. The minimum absolute atomic E-state index is 0.157. The number of carbonyl (C=O) groups excluding carboxylic acids is 1. The number of nitrogens with one attached hydrogen (secondary N) is 1. The molecule has 1 aromatic carbocycles. The lowest BCUT2D eigenvalue weighted by molar-refractivity contribution is -0.0762. The summed E-state index contributed by atoms with van der Waals surface area (Å²) >= 11 is 0. The predicted molar refractivity (Wildman–Crippen MR) is 65.7 cm³/mol. The van der Waals surface area contributed by atoms with Crippen molar-refractivity contribution in [2.24, 2.45) is 0 Å². The normalized spacial score (nSPS) is 19.7. The van der Waals surface area contributed by atoms with Crippen molar-refractivity contribution < 1.29 is 14.4 Å². The highest BCUT2D eigenvalue weighted by Gasteiger charge is 2.28. The third-order valence-corrected chi connectivity index (χ3v) is 3.83. The number of hydroxylamine groups is 1. The van der Waals surface area contributed by atoms with Crippen molar-refractivity contribution in [3.8, 4) is 0 Å². The third-order valence-electron chi connectivity index (χ3n) is 3.83. The minimum Gasteiger partial charge on any atom is -0.288 e. The van der Waals surface area contributed by atoms with Gasteiger partial charge in [0.1, 0.15) is 5.82 Å². The van der Waals surface area contributed by atoms with E-state index >= 15 is 0 Å². The Balaban J connectivity index is 1.96. The molecule has 2 N–H and O–H groups in total. The Bertz CT molecular complexity index is 521. The number of hydrazine groups is 1. The van der Waals surface area contributed by atoms with E-state index in [4.69, 9.17) is 5.21 Å². The molecule has 0 bridgehead atoms. The fraction of sp³-hybridized carbons (Fsp3) is 0.462. The summed E-state index contributed by atoms with van der Waals surface area (Å²) in [5, 5.41) is 13.0. The first-order valence-electron chi connectivity index (χ1n) is 6.44. The molecule has 0 saturated carbocycles. The Morgan fingerprint density at radius 1 is 1.21 bits per heavy atom. The Morgan fingerprint density at radius 2 is 1.89 bits per heavy atom. The molecule has 0 aliphatic carbocycles. The largest absolute Gasteiger partial charge is 0.288 e. The van der Waals surface area contributed by atoms with Crippen LogP contribution in [0.2, 0.25) is 0 Å². The lowest BCUT2D eigenvalue weighted by Crippen LogP contribution is -2.49. The molecule has 0 atom stereocenters. The van der Waals surface area contributed by atoms with E-state index in [0.717, 1.165) is 31.5 Å². The van der Waals surface area contributed by atoms with Crippen LogP contribution in [0.5, 0.6) is 0 Å². The van der Waals surface area contributed by atoms with Crippen LogP contribution < -0.4 is 5.48 Å². The number of hydrogen-bond donors (Lipinski definition) is 2. The quantitative estimate of drug-likeness (QED) is 0.593. The molecule has 2 aliphatic rings. The zero-order valence-corrected chi connectivity index (χ0v) is 10.5. The molecule has 1 saturated heterocycles. The molecular weight excluding hydrogens is 249 g/mol. The van der Waals surface area contributed by atoms with Gasteiger partial charge in [-0.15, -0.1) is 0 Å². The average molecular weight is 265 g/mol. The molecule has 0 unspecified atom stereocenters. The number of benzene rings is 1. The summed E-state index contributed by atoms with van der Waals surface area (Å²) in [6.45, 7) is 3.11. The zero-order chi connectivity index (χ0) is 13.4. The smallest absolute Gasteiger partial charge is 0.274 e. The molecule has 5 nitrogen and oxygen atoms in total. The lowest BCUT2D eigenvalue weighted by Gasteiger charge is -2.42. The summed E-state index contributed by atoms with van der Waals surface area (Å²) in [4.78, 5) is 11.4. The van der Waals surface area contributed by atoms with Crippen LogP contribution in [0, 0.1) is 5.82 Å². The molecule has 0 spiro atoms. The highest BCUT2D eigenvalue weighted by molar-refractivity contribution is 5.93. The zero-order valence-electron chi connectivity index (χ0n) is 10.5. The number of carbonyl (C=O) groups is 1. The Labute approximate surface area is 110 Å². The van der Waals surface area contributed by atoms with Crippen molar-refractivity contribution in [3.63, 3.8) is 0 Å². The van der Waals surface area contributed by atoms with Crippen LogP contribution in [0.15, 0.2) is 12.1 Å². The van der Waals surface area contributed by atoms with Crippen molar-refractivity contribution in [1.82, 2.24) is 15.5 Å². The van der Waals surface area contributed by atoms with E-state index in [-0.39, 0.29) is 11.4 Å². The first kappa shape index (κ1) is 12.5. The van der Waals surface area contributed by atoms with Gasteiger partial charge in [-0.1, -0.05) is 0 Å². The van der Waals surface area contributed by atoms with Gasteiger partial charge in [-0.25, -0.2) is 19.9 Å². The van der Waals surface area contributed by atoms with Gasteiger partial charge < -0.3 is 0 Å². The fourth-order valence-corrected chi connectivity index (χ4v) is 2.82. The molecular formula is C13H16FN3O2. The van der Waals surface area contributed by atoms with Crippen LogP contribution >= 0.6 is 0 Å². The third kappa shape index (κ3) is 2.22. The average Bonchev–Trinajstić information content (AvgIpc) is 2.44. The summed E-state index contributed by atoms with van der Waals surface area (Å²) in [6, 6.07) is 2.85. The fourth-order valence-electron chi connectivity index (χ4n) is 2.82. The van der Waals surface area contributed by atoms with Gasteiger partial charge in [0.25, 0.3) is 5.91 Å². The molecule has 19 heavy (non-hydrogen) atoms. The van der Waals surface area contributed by atoms with E-state index in [0.29, 0.717) is 18.7 Å². The second kappa shape index (κ2) is 4.88. The van der Waals surface area contributed by atoms with Crippen LogP contribution in [-0.4, -0.2) is 34.2 Å². The second-order valence-electron chi connectivity index (χ2n) is 5.02. The molecule has 102 valence electrons. The number of fused-ring (bicyclic) bond motifs is 2. The monoisotopic (exact) mass is 265 g/mol. The van der Waals surface area contributed by atoms with Crippen molar-refractivity contribution in [1.29, 1.82) is 0 Å². The van der Waals surface area contributed by atoms with E-state index in [1.807, 2.05) is 0 Å². The van der Waals surface area contributed by atoms with E-state index in [1.54, 1.807) is 11.5 Å². The van der Waals surface area contributed by atoms with Gasteiger partial charge in [0.2, 0.25) is 0 Å². The van der Waals surface area contributed by atoms with Crippen molar-refractivity contribution in [2.45, 2.75) is 25.9 Å². The van der Waals surface area contributed by atoms with E-state index < -0.39 is 5.91 Å². The van der Waals surface area contributed by atoms with E-state index in [2.05, 4.69) is 10.0 Å². The minimum atomic E-state index is -0.678. The van der Waals surface area contributed by atoms with Gasteiger partial charge in [0.05, 0.1) is 0 Å². The highest BCUT2D eigenvalue weighted by Crippen LogP contribution is 2.28. The first-order chi connectivity index (χ1) is 9.19. The Hall–Kier alpha value is -1.50. The van der Waals surface area contributed by atoms with Gasteiger partial charge in [-0.3, -0.25) is 10.0 Å². The summed E-state index contributed by atoms with van der Waals surface area (Å²) in [7, 11) is 0. The maximum absolute atomic E-state index is 14.1. The SMILES string of the molecule is O=C(NO)c1cc(F)c2c(c1)CN1CCCCN1C2. The molecule has 0 aromatic heterocycles. The summed E-state index contributed by atoms with van der Waals surface area (Å²) in [6.07, 6.45) is 2.28. The second-order valence-corrected chi connectivity index (χ2v) is 5.02. The summed E-state index contributed by atoms with van der Waals surface area (Å²) in [5.41, 5.74) is 3.19. The number of rotatable bonds is 1. The van der Waals surface area contributed by atoms with Crippen LogP contribution in [0.25, 0.3) is 0 Å². The molecule has 1 fully saturated rings. The number of amides is 1. The maximum atomic E-state index is 14.1. The van der Waals surface area contributed by atoms with Crippen LogP contribution in [-0.2, 0) is 13.1 Å². The molecule has 0 radical (unpaired) electrons. The standard InChI is InChI=1S/C13H16FN3O2/c14-12-6-9(13(18)15-19)5-10-7-16-3-1-2-4-17(16)8-11(10)12/h5-6,19H,1-4,7-8H2,(H,15,18). The number of hydrogen-bond acceptors (Lipinski definition) is 4. The Kier molecular flexibility index (Phi) is 3.22. The van der Waals surface area contributed by atoms with E-state index in [1.165, 1.54) is 6.07 Å². The van der Waals surface area contributed by atoms with Gasteiger partial charge in [-0.2, -0.15) is 0 Å². The van der Waals surface area contributed by atoms with Gasteiger partial charge >= 0.3 is 0 Å². The Morgan fingerprint density at radius 3 is 2.58 bits per heavy atom. The molecule has 1 aromatic rings. The number of nitrogens with zero attached hydrogens (tertiary/aromatic N) is 2. The summed E-state index contributed by atoms with van der Waals surface area (Å²) in [5.74, 6) is -1.05. The first-order valence-corrected chi connectivity index (χ1v) is 6.44. The molecule has 6 heteroatoms.